The molecule has 3 nitrogen and oxygen atoms in total. The summed E-state index contributed by atoms with van der Waals surface area (Å²) in [6.45, 7) is 5.34. The van der Waals surface area contributed by atoms with E-state index in [0.717, 1.165) is 25.3 Å². The molecule has 114 valence electrons. The maximum atomic E-state index is 12.5. The fraction of sp³-hybridized carbons (Fsp3) is 0.611. The summed E-state index contributed by atoms with van der Waals surface area (Å²) in [5, 5.41) is 6.67. The zero-order chi connectivity index (χ0) is 14.8. The first-order chi connectivity index (χ1) is 10.2. The number of hydrogen-bond donors (Lipinski definition) is 2. The summed E-state index contributed by atoms with van der Waals surface area (Å²) in [6.07, 6.45) is 4.42. The molecule has 1 aliphatic carbocycles. The largest absolute Gasteiger partial charge is 0.352 e. The molecule has 0 bridgehead atoms. The van der Waals surface area contributed by atoms with Crippen molar-refractivity contribution in [1.82, 2.24) is 10.6 Å². The molecule has 1 aromatic carbocycles. The lowest BCUT2D eigenvalue weighted by Crippen LogP contribution is -2.51. The molecule has 2 aliphatic rings. The van der Waals surface area contributed by atoms with E-state index in [0.29, 0.717) is 12.0 Å². The second-order valence-electron chi connectivity index (χ2n) is 6.63. The van der Waals surface area contributed by atoms with Gasteiger partial charge >= 0.3 is 0 Å². The standard InChI is InChI=1S/C18H26N2O/c1-3-13-8-9-16(12(13)2)20-18(21)17-10-14-6-4-5-7-15(14)11-19-17/h4-7,12-13,16-17,19H,3,8-11H2,1-2H3,(H,20,21)/t12?,13?,16?,17-/m0/s1. The molecule has 1 fully saturated rings. The highest BCUT2D eigenvalue weighted by Gasteiger charge is 2.34. The Morgan fingerprint density at radius 1 is 1.29 bits per heavy atom. The van der Waals surface area contributed by atoms with Gasteiger partial charge in [-0.15, -0.1) is 0 Å². The van der Waals surface area contributed by atoms with Crippen LogP contribution in [0.25, 0.3) is 0 Å². The molecular weight excluding hydrogens is 260 g/mol. The second kappa shape index (κ2) is 6.18. The Labute approximate surface area is 127 Å². The van der Waals surface area contributed by atoms with Gasteiger partial charge in [0.05, 0.1) is 6.04 Å². The Hall–Kier alpha value is -1.35. The molecule has 1 heterocycles. The maximum absolute atomic E-state index is 12.5. The molecule has 0 radical (unpaired) electrons. The quantitative estimate of drug-likeness (QED) is 0.897. The highest BCUT2D eigenvalue weighted by molar-refractivity contribution is 5.82. The minimum Gasteiger partial charge on any atom is -0.352 e. The Morgan fingerprint density at radius 3 is 2.76 bits per heavy atom. The molecule has 2 N–H and O–H groups in total. The van der Waals surface area contributed by atoms with Gasteiger partial charge in [0.25, 0.3) is 0 Å². The highest BCUT2D eigenvalue weighted by Crippen LogP contribution is 2.34. The Kier molecular flexibility index (Phi) is 4.29. The van der Waals surface area contributed by atoms with Gasteiger partial charge in [0.15, 0.2) is 0 Å². The van der Waals surface area contributed by atoms with Gasteiger partial charge in [0, 0.05) is 12.6 Å². The summed E-state index contributed by atoms with van der Waals surface area (Å²) < 4.78 is 0. The zero-order valence-corrected chi connectivity index (χ0v) is 13.1. The summed E-state index contributed by atoms with van der Waals surface area (Å²) >= 11 is 0. The Bertz CT molecular complexity index is 514. The molecule has 1 saturated carbocycles. The van der Waals surface area contributed by atoms with Crippen molar-refractivity contribution < 1.29 is 4.79 Å². The molecule has 0 aromatic heterocycles. The number of carbonyl (C=O) groups excluding carboxylic acids is 1. The van der Waals surface area contributed by atoms with Crippen LogP contribution in [0.1, 0.15) is 44.2 Å². The number of carbonyl (C=O) groups is 1. The topological polar surface area (TPSA) is 41.1 Å². The van der Waals surface area contributed by atoms with Crippen molar-refractivity contribution >= 4 is 5.91 Å². The van der Waals surface area contributed by atoms with Crippen LogP contribution in [0.5, 0.6) is 0 Å². The van der Waals surface area contributed by atoms with Gasteiger partial charge in [0.1, 0.15) is 0 Å². The summed E-state index contributed by atoms with van der Waals surface area (Å²) in [7, 11) is 0. The average molecular weight is 286 g/mol. The van der Waals surface area contributed by atoms with Crippen LogP contribution in [-0.2, 0) is 17.8 Å². The van der Waals surface area contributed by atoms with Crippen LogP contribution < -0.4 is 10.6 Å². The van der Waals surface area contributed by atoms with Gasteiger partial charge in [-0.05, 0) is 42.2 Å². The highest BCUT2D eigenvalue weighted by atomic mass is 16.2. The maximum Gasteiger partial charge on any atom is 0.237 e. The number of fused-ring (bicyclic) bond motifs is 1. The SMILES string of the molecule is CCC1CCC(NC(=O)[C@@H]2Cc3ccccc3CN2)C1C. The summed E-state index contributed by atoms with van der Waals surface area (Å²) in [5.41, 5.74) is 2.63. The van der Waals surface area contributed by atoms with Crippen molar-refractivity contribution in [2.75, 3.05) is 0 Å². The van der Waals surface area contributed by atoms with E-state index in [2.05, 4.69) is 48.7 Å². The van der Waals surface area contributed by atoms with Crippen molar-refractivity contribution in [1.29, 1.82) is 0 Å². The molecule has 1 aromatic rings. The lowest BCUT2D eigenvalue weighted by atomic mass is 9.92. The fourth-order valence-corrected chi connectivity index (χ4v) is 3.95. The van der Waals surface area contributed by atoms with Crippen LogP contribution in [-0.4, -0.2) is 18.0 Å². The van der Waals surface area contributed by atoms with E-state index < -0.39 is 0 Å². The smallest absolute Gasteiger partial charge is 0.237 e. The van der Waals surface area contributed by atoms with Crippen molar-refractivity contribution in [2.24, 2.45) is 11.8 Å². The van der Waals surface area contributed by atoms with Crippen molar-refractivity contribution in [2.45, 2.75) is 58.2 Å². The van der Waals surface area contributed by atoms with Gasteiger partial charge in [-0.2, -0.15) is 0 Å². The molecule has 3 rings (SSSR count). The van der Waals surface area contributed by atoms with Crippen LogP contribution >= 0.6 is 0 Å². The van der Waals surface area contributed by atoms with Crippen molar-refractivity contribution in [3.63, 3.8) is 0 Å². The normalized spacial score (nSPS) is 31.7. The monoisotopic (exact) mass is 286 g/mol. The first kappa shape index (κ1) is 14.6. The van der Waals surface area contributed by atoms with E-state index in [1.807, 2.05) is 0 Å². The lowest BCUT2D eigenvalue weighted by Gasteiger charge is -2.28. The third-order valence-corrected chi connectivity index (χ3v) is 5.48. The van der Waals surface area contributed by atoms with E-state index in [1.54, 1.807) is 0 Å². The fourth-order valence-electron chi connectivity index (χ4n) is 3.95. The number of benzene rings is 1. The number of nitrogens with one attached hydrogen (secondary N) is 2. The molecule has 21 heavy (non-hydrogen) atoms. The molecule has 0 saturated heterocycles. The summed E-state index contributed by atoms with van der Waals surface area (Å²) in [6, 6.07) is 8.69. The van der Waals surface area contributed by atoms with Crippen LogP contribution in [0, 0.1) is 11.8 Å². The minimum atomic E-state index is -0.0761. The third-order valence-electron chi connectivity index (χ3n) is 5.48. The molecule has 1 aliphatic heterocycles. The van der Waals surface area contributed by atoms with E-state index in [1.165, 1.54) is 24.0 Å². The molecule has 1 amide bonds. The van der Waals surface area contributed by atoms with Gasteiger partial charge in [-0.1, -0.05) is 44.5 Å². The zero-order valence-electron chi connectivity index (χ0n) is 13.1. The summed E-state index contributed by atoms with van der Waals surface area (Å²) in [4.78, 5) is 12.5. The van der Waals surface area contributed by atoms with Gasteiger partial charge in [-0.3, -0.25) is 4.79 Å². The van der Waals surface area contributed by atoms with Crippen LogP contribution in [0.3, 0.4) is 0 Å². The molecule has 0 spiro atoms. The van der Waals surface area contributed by atoms with E-state index >= 15 is 0 Å². The number of rotatable bonds is 3. The predicted octanol–water partition coefficient (Wildman–Crippen LogP) is 2.64. The third kappa shape index (κ3) is 2.98. The lowest BCUT2D eigenvalue weighted by molar-refractivity contribution is -0.124. The number of amides is 1. The van der Waals surface area contributed by atoms with Crippen LogP contribution in [0.2, 0.25) is 0 Å². The Balaban J connectivity index is 1.60. The first-order valence-corrected chi connectivity index (χ1v) is 8.29. The predicted molar refractivity (Wildman–Crippen MR) is 84.9 cm³/mol. The van der Waals surface area contributed by atoms with Gasteiger partial charge < -0.3 is 10.6 Å². The molecule has 3 heteroatoms. The van der Waals surface area contributed by atoms with E-state index in [9.17, 15) is 4.79 Å². The first-order valence-electron chi connectivity index (χ1n) is 8.29. The van der Waals surface area contributed by atoms with Crippen molar-refractivity contribution in [3.8, 4) is 0 Å². The van der Waals surface area contributed by atoms with E-state index in [-0.39, 0.29) is 11.9 Å². The average Bonchev–Trinajstić information content (AvgIpc) is 2.87. The minimum absolute atomic E-state index is 0.0761. The summed E-state index contributed by atoms with van der Waals surface area (Å²) in [5.74, 6) is 1.56. The second-order valence-corrected chi connectivity index (χ2v) is 6.63. The Morgan fingerprint density at radius 2 is 2.05 bits per heavy atom. The van der Waals surface area contributed by atoms with Crippen LogP contribution in [0.4, 0.5) is 0 Å². The van der Waals surface area contributed by atoms with Crippen molar-refractivity contribution in [3.05, 3.63) is 35.4 Å². The molecule has 3 unspecified atom stereocenters. The van der Waals surface area contributed by atoms with Crippen LogP contribution in [0.15, 0.2) is 24.3 Å². The van der Waals surface area contributed by atoms with Gasteiger partial charge in [0.2, 0.25) is 5.91 Å². The van der Waals surface area contributed by atoms with E-state index in [4.69, 9.17) is 0 Å². The van der Waals surface area contributed by atoms with Gasteiger partial charge in [-0.25, -0.2) is 0 Å². The number of hydrogen-bond acceptors (Lipinski definition) is 2. The molecular formula is C18H26N2O. The molecule has 4 atom stereocenters.